The van der Waals surface area contributed by atoms with Crippen LogP contribution in [-0.2, 0) is 16.1 Å². The van der Waals surface area contributed by atoms with Crippen molar-refractivity contribution >= 4 is 11.8 Å². The molecule has 0 atom stereocenters. The summed E-state index contributed by atoms with van der Waals surface area (Å²) in [6.45, 7) is 3.00. The number of carbonyl (C=O) groups excluding carboxylic acids is 2. The minimum Gasteiger partial charge on any atom is -0.355 e. The maximum atomic E-state index is 11.7. The molecule has 2 amide bonds. The van der Waals surface area contributed by atoms with Crippen LogP contribution in [0.15, 0.2) is 24.3 Å². The van der Waals surface area contributed by atoms with E-state index in [2.05, 4.69) is 10.6 Å². The lowest BCUT2D eigenvalue weighted by molar-refractivity contribution is -0.127. The molecule has 1 aliphatic rings. The van der Waals surface area contributed by atoms with Crippen molar-refractivity contribution in [1.82, 2.24) is 10.6 Å². The molecule has 0 spiro atoms. The van der Waals surface area contributed by atoms with E-state index in [-0.39, 0.29) is 17.7 Å². The van der Waals surface area contributed by atoms with Crippen molar-refractivity contribution in [3.8, 4) is 0 Å². The predicted molar refractivity (Wildman–Crippen MR) is 78.0 cm³/mol. The summed E-state index contributed by atoms with van der Waals surface area (Å²) in [5.41, 5.74) is 2.29. The monoisotopic (exact) mass is 274 g/mol. The van der Waals surface area contributed by atoms with Crippen molar-refractivity contribution in [2.45, 2.75) is 39.2 Å². The third kappa shape index (κ3) is 4.37. The molecule has 0 heterocycles. The molecule has 2 N–H and O–H groups in total. The van der Waals surface area contributed by atoms with Gasteiger partial charge in [0.25, 0.3) is 0 Å². The van der Waals surface area contributed by atoms with E-state index < -0.39 is 0 Å². The summed E-state index contributed by atoms with van der Waals surface area (Å²) in [5.74, 6) is 0.257. The third-order valence-electron chi connectivity index (χ3n) is 3.74. The number of rotatable bonds is 6. The van der Waals surface area contributed by atoms with Crippen molar-refractivity contribution in [1.29, 1.82) is 0 Å². The average Bonchev–Trinajstić information content (AvgIpc) is 2.36. The van der Waals surface area contributed by atoms with Gasteiger partial charge in [-0.1, -0.05) is 36.2 Å². The highest BCUT2D eigenvalue weighted by molar-refractivity contribution is 5.81. The highest BCUT2D eigenvalue weighted by Gasteiger charge is 2.24. The van der Waals surface area contributed by atoms with Crippen LogP contribution in [-0.4, -0.2) is 18.4 Å². The van der Waals surface area contributed by atoms with Gasteiger partial charge in [-0.2, -0.15) is 0 Å². The average molecular weight is 274 g/mol. The van der Waals surface area contributed by atoms with Crippen molar-refractivity contribution < 1.29 is 9.59 Å². The fourth-order valence-corrected chi connectivity index (χ4v) is 2.11. The van der Waals surface area contributed by atoms with Gasteiger partial charge in [-0.3, -0.25) is 9.59 Å². The Morgan fingerprint density at radius 1 is 1.15 bits per heavy atom. The molecule has 108 valence electrons. The second-order valence-electron chi connectivity index (χ2n) is 5.43. The van der Waals surface area contributed by atoms with Crippen LogP contribution in [0.2, 0.25) is 0 Å². The van der Waals surface area contributed by atoms with Gasteiger partial charge in [0.05, 0.1) is 0 Å². The van der Waals surface area contributed by atoms with E-state index in [1.54, 1.807) is 0 Å². The van der Waals surface area contributed by atoms with E-state index in [4.69, 9.17) is 0 Å². The van der Waals surface area contributed by atoms with Gasteiger partial charge in [0.1, 0.15) is 0 Å². The van der Waals surface area contributed by atoms with Crippen LogP contribution in [0.3, 0.4) is 0 Å². The summed E-state index contributed by atoms with van der Waals surface area (Å²) in [4.78, 5) is 23.2. The van der Waals surface area contributed by atoms with Crippen LogP contribution in [0.5, 0.6) is 0 Å². The van der Waals surface area contributed by atoms with Crippen LogP contribution in [0, 0.1) is 12.8 Å². The largest absolute Gasteiger partial charge is 0.355 e. The van der Waals surface area contributed by atoms with E-state index in [1.807, 2.05) is 31.2 Å². The first-order valence-corrected chi connectivity index (χ1v) is 7.25. The molecule has 20 heavy (non-hydrogen) atoms. The molecular weight excluding hydrogens is 252 g/mol. The van der Waals surface area contributed by atoms with Gasteiger partial charge in [-0.25, -0.2) is 0 Å². The first kappa shape index (κ1) is 14.6. The second-order valence-corrected chi connectivity index (χ2v) is 5.43. The minimum atomic E-state index is -0.0283. The molecule has 1 aromatic rings. The highest BCUT2D eigenvalue weighted by Crippen LogP contribution is 2.25. The fourth-order valence-electron chi connectivity index (χ4n) is 2.11. The number of carbonyl (C=O) groups is 2. The molecule has 0 aliphatic heterocycles. The highest BCUT2D eigenvalue weighted by atomic mass is 16.2. The number of amides is 2. The summed E-state index contributed by atoms with van der Waals surface area (Å²) < 4.78 is 0. The molecule has 0 unspecified atom stereocenters. The molecule has 4 heteroatoms. The van der Waals surface area contributed by atoms with Gasteiger partial charge in [0.2, 0.25) is 11.8 Å². The summed E-state index contributed by atoms with van der Waals surface area (Å²) in [5, 5.41) is 5.68. The predicted octanol–water partition coefficient (Wildman–Crippen LogP) is 1.92. The molecule has 0 bridgehead atoms. The molecule has 2 rings (SSSR count). The quantitative estimate of drug-likeness (QED) is 0.832. The van der Waals surface area contributed by atoms with Gasteiger partial charge in [-0.05, 0) is 25.3 Å². The topological polar surface area (TPSA) is 58.2 Å². The second kappa shape index (κ2) is 7.08. The van der Waals surface area contributed by atoms with Crippen molar-refractivity contribution in [3.63, 3.8) is 0 Å². The normalized spacial score (nSPS) is 14.4. The summed E-state index contributed by atoms with van der Waals surface area (Å²) >= 11 is 0. The van der Waals surface area contributed by atoms with E-state index in [1.165, 1.54) is 5.56 Å². The van der Waals surface area contributed by atoms with Crippen LogP contribution in [0.25, 0.3) is 0 Å². The Morgan fingerprint density at radius 2 is 1.85 bits per heavy atom. The van der Waals surface area contributed by atoms with Crippen LogP contribution >= 0.6 is 0 Å². The summed E-state index contributed by atoms with van der Waals surface area (Å²) in [6, 6.07) is 8.07. The van der Waals surface area contributed by atoms with Gasteiger partial charge < -0.3 is 10.6 Å². The number of nitrogens with one attached hydrogen (secondary N) is 2. The fraction of sp³-hybridized carbons (Fsp3) is 0.500. The molecule has 1 saturated carbocycles. The molecule has 0 aromatic heterocycles. The molecular formula is C16H22N2O2. The van der Waals surface area contributed by atoms with E-state index >= 15 is 0 Å². The first-order valence-electron chi connectivity index (χ1n) is 7.25. The molecule has 0 radical (unpaired) electrons. The van der Waals surface area contributed by atoms with Gasteiger partial charge >= 0.3 is 0 Å². The SMILES string of the molecule is Cc1ccc(CNC(=O)CCNC(=O)C2CCC2)cc1. The lowest BCUT2D eigenvalue weighted by Crippen LogP contribution is -2.36. The van der Waals surface area contributed by atoms with Crippen LogP contribution in [0.4, 0.5) is 0 Å². The number of benzene rings is 1. The Morgan fingerprint density at radius 3 is 2.45 bits per heavy atom. The van der Waals surface area contributed by atoms with E-state index in [0.717, 1.165) is 24.8 Å². The number of aryl methyl sites for hydroxylation is 1. The van der Waals surface area contributed by atoms with Gasteiger partial charge in [-0.15, -0.1) is 0 Å². The standard InChI is InChI=1S/C16H22N2O2/c1-12-5-7-13(8-6-12)11-18-15(19)9-10-17-16(20)14-3-2-4-14/h5-8,14H,2-4,9-11H2,1H3,(H,17,20)(H,18,19). The van der Waals surface area contributed by atoms with Crippen LogP contribution < -0.4 is 10.6 Å². The Labute approximate surface area is 119 Å². The molecule has 1 fully saturated rings. The van der Waals surface area contributed by atoms with Gasteiger partial charge in [0, 0.05) is 25.4 Å². The number of hydrogen-bond donors (Lipinski definition) is 2. The minimum absolute atomic E-state index is 0.0283. The van der Waals surface area contributed by atoms with E-state index in [9.17, 15) is 9.59 Å². The summed E-state index contributed by atoms with van der Waals surface area (Å²) in [7, 11) is 0. The number of hydrogen-bond acceptors (Lipinski definition) is 2. The smallest absolute Gasteiger partial charge is 0.223 e. The Kier molecular flexibility index (Phi) is 5.16. The van der Waals surface area contributed by atoms with Gasteiger partial charge in [0.15, 0.2) is 0 Å². The van der Waals surface area contributed by atoms with E-state index in [0.29, 0.717) is 19.5 Å². The Balaban J connectivity index is 1.60. The molecule has 1 aromatic carbocycles. The Hall–Kier alpha value is -1.84. The van der Waals surface area contributed by atoms with Crippen molar-refractivity contribution in [2.75, 3.05) is 6.54 Å². The van der Waals surface area contributed by atoms with Crippen molar-refractivity contribution in [3.05, 3.63) is 35.4 Å². The molecule has 1 aliphatic carbocycles. The zero-order chi connectivity index (χ0) is 14.4. The van der Waals surface area contributed by atoms with Crippen molar-refractivity contribution in [2.24, 2.45) is 5.92 Å². The Bertz CT molecular complexity index is 464. The maximum Gasteiger partial charge on any atom is 0.223 e. The third-order valence-corrected chi connectivity index (χ3v) is 3.74. The lowest BCUT2D eigenvalue weighted by Gasteiger charge is -2.23. The zero-order valence-corrected chi connectivity index (χ0v) is 11.9. The first-order chi connectivity index (χ1) is 9.65. The zero-order valence-electron chi connectivity index (χ0n) is 11.9. The van der Waals surface area contributed by atoms with Crippen LogP contribution in [0.1, 0.15) is 36.8 Å². The lowest BCUT2D eigenvalue weighted by atomic mass is 9.85. The maximum absolute atomic E-state index is 11.7. The summed E-state index contributed by atoms with van der Waals surface area (Å²) in [6.07, 6.45) is 3.47. The molecule has 4 nitrogen and oxygen atoms in total. The molecule has 0 saturated heterocycles.